The molecule has 2 aromatic carbocycles. The minimum absolute atomic E-state index is 0.107. The first-order valence-electron chi connectivity index (χ1n) is 7.66. The summed E-state index contributed by atoms with van der Waals surface area (Å²) < 4.78 is 24.5. The molecule has 118 valence electrons. The minimum Gasteiger partial charge on any atom is -0.484 e. The predicted octanol–water partition coefficient (Wildman–Crippen LogP) is 5.32. The van der Waals surface area contributed by atoms with Crippen LogP contribution in [0.3, 0.4) is 0 Å². The molecule has 0 aliphatic heterocycles. The Hall–Kier alpha value is -1.57. The normalized spacial score (nSPS) is 13.5. The van der Waals surface area contributed by atoms with Crippen molar-refractivity contribution in [3.8, 4) is 5.75 Å². The van der Waals surface area contributed by atoms with Gasteiger partial charge in [0, 0.05) is 0 Å². The van der Waals surface area contributed by atoms with Crippen LogP contribution in [-0.4, -0.2) is 13.0 Å². The largest absolute Gasteiger partial charge is 0.484 e. The van der Waals surface area contributed by atoms with Crippen molar-refractivity contribution in [3.63, 3.8) is 0 Å². The lowest BCUT2D eigenvalue weighted by Crippen LogP contribution is -2.06. The van der Waals surface area contributed by atoms with Gasteiger partial charge in [0.1, 0.15) is 5.75 Å². The third kappa shape index (κ3) is 5.67. The Kier molecular flexibility index (Phi) is 6.70. The lowest BCUT2D eigenvalue weighted by Gasteiger charge is -2.19. The summed E-state index contributed by atoms with van der Waals surface area (Å²) in [5, 5.41) is 0. The highest BCUT2D eigenvalue weighted by Gasteiger charge is 2.25. The summed E-state index contributed by atoms with van der Waals surface area (Å²) in [6.45, 7) is 2.60. The molecule has 0 fully saturated rings. The number of benzene rings is 2. The Morgan fingerprint density at radius 2 is 1.59 bits per heavy atom. The van der Waals surface area contributed by atoms with Gasteiger partial charge in [-0.05, 0) is 24.1 Å². The second-order valence-corrected chi connectivity index (χ2v) is 7.69. The van der Waals surface area contributed by atoms with Gasteiger partial charge in [-0.25, -0.2) is 0 Å². The van der Waals surface area contributed by atoms with Gasteiger partial charge in [-0.1, -0.05) is 61.9 Å². The maximum absolute atomic E-state index is 13.1. The molecule has 2 aromatic rings. The standard InChI is InChI=1S/C18H23O3P/c1-2-3-14-21-22(19,15-17-10-6-4-7-11-17)16-20-18-12-8-5-9-13-18/h4-13H,2-3,14-16H2,1H3. The van der Waals surface area contributed by atoms with Crippen molar-refractivity contribution in [1.29, 1.82) is 0 Å². The first-order valence-corrected chi connectivity index (χ1v) is 9.66. The molecule has 0 bridgehead atoms. The Labute approximate surface area is 132 Å². The molecular weight excluding hydrogens is 295 g/mol. The van der Waals surface area contributed by atoms with Crippen molar-refractivity contribution < 1.29 is 13.8 Å². The maximum Gasteiger partial charge on any atom is 0.243 e. The van der Waals surface area contributed by atoms with Gasteiger partial charge in [0.05, 0.1) is 12.8 Å². The highest BCUT2D eigenvalue weighted by molar-refractivity contribution is 7.58. The van der Waals surface area contributed by atoms with Crippen molar-refractivity contribution in [3.05, 3.63) is 66.2 Å². The predicted molar refractivity (Wildman–Crippen MR) is 90.5 cm³/mol. The molecule has 0 aliphatic rings. The van der Waals surface area contributed by atoms with Gasteiger partial charge >= 0.3 is 0 Å². The van der Waals surface area contributed by atoms with Crippen molar-refractivity contribution in [2.24, 2.45) is 0 Å². The number of rotatable bonds is 9. The first-order chi connectivity index (χ1) is 10.7. The second-order valence-electron chi connectivity index (χ2n) is 5.23. The summed E-state index contributed by atoms with van der Waals surface area (Å²) in [4.78, 5) is 0. The summed E-state index contributed by atoms with van der Waals surface area (Å²) >= 11 is 0. The van der Waals surface area contributed by atoms with E-state index >= 15 is 0 Å². The van der Waals surface area contributed by atoms with E-state index < -0.39 is 7.37 Å². The Morgan fingerprint density at radius 1 is 0.955 bits per heavy atom. The van der Waals surface area contributed by atoms with E-state index in [-0.39, 0.29) is 6.35 Å². The first kappa shape index (κ1) is 16.8. The topological polar surface area (TPSA) is 35.5 Å². The van der Waals surface area contributed by atoms with Crippen LogP contribution >= 0.6 is 7.37 Å². The summed E-state index contributed by atoms with van der Waals surface area (Å²) in [6.07, 6.45) is 2.44. The Balaban J connectivity index is 2.02. The zero-order chi connectivity index (χ0) is 15.7. The van der Waals surface area contributed by atoms with E-state index in [1.165, 1.54) is 0 Å². The Morgan fingerprint density at radius 3 is 2.23 bits per heavy atom. The fourth-order valence-corrected chi connectivity index (χ4v) is 3.89. The van der Waals surface area contributed by atoms with Gasteiger partial charge in [-0.15, -0.1) is 0 Å². The highest BCUT2D eigenvalue weighted by Crippen LogP contribution is 2.50. The molecule has 0 heterocycles. The van der Waals surface area contributed by atoms with Gasteiger partial charge in [0.2, 0.25) is 7.37 Å². The monoisotopic (exact) mass is 318 g/mol. The molecule has 0 aliphatic carbocycles. The van der Waals surface area contributed by atoms with E-state index in [2.05, 4.69) is 6.92 Å². The number of unbranched alkanes of at least 4 members (excludes halogenated alkanes) is 1. The van der Waals surface area contributed by atoms with Crippen molar-refractivity contribution in [2.45, 2.75) is 25.9 Å². The van der Waals surface area contributed by atoms with Crippen molar-refractivity contribution in [1.82, 2.24) is 0 Å². The third-order valence-electron chi connectivity index (χ3n) is 3.26. The summed E-state index contributed by atoms with van der Waals surface area (Å²) in [5.41, 5.74) is 1.01. The van der Waals surface area contributed by atoms with Gasteiger partial charge in [-0.2, -0.15) is 0 Å². The molecule has 0 N–H and O–H groups in total. The van der Waals surface area contributed by atoms with Crippen LogP contribution < -0.4 is 4.74 Å². The van der Waals surface area contributed by atoms with Gasteiger partial charge < -0.3 is 9.26 Å². The highest BCUT2D eigenvalue weighted by atomic mass is 31.2. The molecular formula is C18H23O3P. The number of hydrogen-bond acceptors (Lipinski definition) is 3. The maximum atomic E-state index is 13.1. The lowest BCUT2D eigenvalue weighted by molar-refractivity contribution is 0.275. The fraction of sp³-hybridized carbons (Fsp3) is 0.333. The molecule has 0 amide bonds. The summed E-state index contributed by atoms with van der Waals surface area (Å²) in [6, 6.07) is 19.2. The van der Waals surface area contributed by atoms with Crippen LogP contribution in [-0.2, 0) is 15.3 Å². The van der Waals surface area contributed by atoms with Crippen LogP contribution in [0, 0.1) is 0 Å². The van der Waals surface area contributed by atoms with Gasteiger partial charge in [0.15, 0.2) is 6.35 Å². The molecule has 0 aromatic heterocycles. The van der Waals surface area contributed by atoms with Gasteiger partial charge in [-0.3, -0.25) is 4.57 Å². The zero-order valence-electron chi connectivity index (χ0n) is 13.0. The molecule has 0 saturated heterocycles. The van der Waals surface area contributed by atoms with Crippen molar-refractivity contribution >= 4 is 7.37 Å². The number of ether oxygens (including phenoxy) is 1. The van der Waals surface area contributed by atoms with E-state index in [1.54, 1.807) is 0 Å². The molecule has 0 saturated carbocycles. The zero-order valence-corrected chi connectivity index (χ0v) is 13.9. The number of para-hydroxylation sites is 1. The van der Waals surface area contributed by atoms with Crippen LogP contribution in [0.2, 0.25) is 0 Å². The van der Waals surface area contributed by atoms with Gasteiger partial charge in [0.25, 0.3) is 0 Å². The van der Waals surface area contributed by atoms with Crippen molar-refractivity contribution in [2.75, 3.05) is 13.0 Å². The Bertz CT molecular complexity index is 584. The van der Waals surface area contributed by atoms with Crippen LogP contribution in [0.1, 0.15) is 25.3 Å². The molecule has 1 atom stereocenters. The smallest absolute Gasteiger partial charge is 0.243 e. The van der Waals surface area contributed by atoms with Crippen LogP contribution in [0.25, 0.3) is 0 Å². The summed E-state index contributed by atoms with van der Waals surface area (Å²) in [7, 11) is -2.86. The minimum atomic E-state index is -2.86. The van der Waals surface area contributed by atoms with E-state index in [4.69, 9.17) is 9.26 Å². The molecule has 0 radical (unpaired) electrons. The number of hydrogen-bond donors (Lipinski definition) is 0. The van der Waals surface area contributed by atoms with E-state index in [0.29, 0.717) is 12.8 Å². The molecule has 1 unspecified atom stereocenters. The third-order valence-corrected chi connectivity index (χ3v) is 5.28. The average Bonchev–Trinajstić information content (AvgIpc) is 2.55. The SMILES string of the molecule is CCCCOP(=O)(COc1ccccc1)Cc1ccccc1. The molecule has 22 heavy (non-hydrogen) atoms. The quantitative estimate of drug-likeness (QED) is 0.464. The van der Waals surface area contributed by atoms with Crippen LogP contribution in [0.5, 0.6) is 5.75 Å². The lowest BCUT2D eigenvalue weighted by atomic mass is 10.2. The molecule has 0 spiro atoms. The van der Waals surface area contributed by atoms with E-state index in [1.807, 2.05) is 60.7 Å². The fourth-order valence-electron chi connectivity index (χ4n) is 2.06. The molecule has 3 nitrogen and oxygen atoms in total. The second kappa shape index (κ2) is 8.77. The summed E-state index contributed by atoms with van der Waals surface area (Å²) in [5.74, 6) is 0.717. The average molecular weight is 318 g/mol. The van der Waals surface area contributed by atoms with E-state index in [9.17, 15) is 4.57 Å². The van der Waals surface area contributed by atoms with Crippen LogP contribution in [0.15, 0.2) is 60.7 Å². The molecule has 4 heteroatoms. The van der Waals surface area contributed by atoms with Crippen LogP contribution in [0.4, 0.5) is 0 Å². The van der Waals surface area contributed by atoms with E-state index in [0.717, 1.165) is 24.2 Å². The molecule has 2 rings (SSSR count).